The predicted molar refractivity (Wildman–Crippen MR) is 130 cm³/mol. The summed E-state index contributed by atoms with van der Waals surface area (Å²) in [5.41, 5.74) is 0.292. The molecule has 1 aromatic carbocycles. The standard InChI is InChI=1S/C24H33ClN4O4/c1-15(12-24(6,7)29(22(31)32)23(3,4)5)13-33-20-9-8-17(10-18(20)25)19-11-21(27-14-26-19)28-16(2)30/h8-11,14-15H,12-13H2,1-7H3,(H,31,32)(H,26,27,28,30)/t15-/m0/s1. The van der Waals surface area contributed by atoms with Gasteiger partial charge in [-0.25, -0.2) is 14.8 Å². The minimum atomic E-state index is -0.939. The highest BCUT2D eigenvalue weighted by Crippen LogP contribution is 2.33. The van der Waals surface area contributed by atoms with Gasteiger partial charge in [-0.15, -0.1) is 0 Å². The molecule has 1 atom stereocenters. The number of nitrogens with one attached hydrogen (secondary N) is 1. The third-order valence-corrected chi connectivity index (χ3v) is 5.33. The Balaban J connectivity index is 2.07. The average Bonchev–Trinajstić information content (AvgIpc) is 2.64. The Morgan fingerprint density at radius 3 is 2.39 bits per heavy atom. The first-order valence-electron chi connectivity index (χ1n) is 10.8. The van der Waals surface area contributed by atoms with Crippen LogP contribution < -0.4 is 10.1 Å². The molecule has 0 saturated carbocycles. The quantitative estimate of drug-likeness (QED) is 0.505. The van der Waals surface area contributed by atoms with E-state index in [0.717, 1.165) is 5.56 Å². The van der Waals surface area contributed by atoms with E-state index in [0.29, 0.717) is 35.3 Å². The van der Waals surface area contributed by atoms with Gasteiger partial charge in [0.1, 0.15) is 17.9 Å². The number of carboxylic acid groups (broad SMARTS) is 1. The molecular formula is C24H33ClN4O4. The lowest BCUT2D eigenvalue weighted by Crippen LogP contribution is -2.57. The molecule has 8 nitrogen and oxygen atoms in total. The molecule has 2 amide bonds. The summed E-state index contributed by atoms with van der Waals surface area (Å²) >= 11 is 6.45. The summed E-state index contributed by atoms with van der Waals surface area (Å²) in [5, 5.41) is 12.8. The Morgan fingerprint density at radius 1 is 1.18 bits per heavy atom. The SMILES string of the molecule is CC(=O)Nc1cc(-c2ccc(OC[C@@H](C)CC(C)(C)N(C(=O)O)C(C)(C)C)c(Cl)c2)ncn1. The molecule has 2 N–H and O–H groups in total. The Morgan fingerprint density at radius 2 is 1.85 bits per heavy atom. The maximum atomic E-state index is 11.9. The maximum Gasteiger partial charge on any atom is 0.408 e. The number of anilines is 1. The summed E-state index contributed by atoms with van der Waals surface area (Å²) in [7, 11) is 0. The predicted octanol–water partition coefficient (Wildman–Crippen LogP) is 5.72. The zero-order valence-corrected chi connectivity index (χ0v) is 21.0. The van der Waals surface area contributed by atoms with Gasteiger partial charge in [-0.05, 0) is 65.2 Å². The van der Waals surface area contributed by atoms with Crippen molar-refractivity contribution in [1.82, 2.24) is 14.9 Å². The second-order valence-electron chi connectivity index (χ2n) is 9.84. The Kier molecular flexibility index (Phi) is 8.30. The third kappa shape index (κ3) is 7.32. The first-order valence-corrected chi connectivity index (χ1v) is 11.1. The summed E-state index contributed by atoms with van der Waals surface area (Å²) in [4.78, 5) is 32.9. The second kappa shape index (κ2) is 10.4. The van der Waals surface area contributed by atoms with Crippen molar-refractivity contribution in [2.75, 3.05) is 11.9 Å². The number of benzene rings is 1. The number of ether oxygens (including phenoxy) is 1. The topological polar surface area (TPSA) is 105 Å². The minimum absolute atomic E-state index is 0.0852. The number of carbonyl (C=O) groups excluding carboxylic acids is 1. The van der Waals surface area contributed by atoms with Crippen LogP contribution in [0.25, 0.3) is 11.3 Å². The van der Waals surface area contributed by atoms with Crippen molar-refractivity contribution in [3.63, 3.8) is 0 Å². The van der Waals surface area contributed by atoms with Gasteiger partial charge in [-0.2, -0.15) is 0 Å². The summed E-state index contributed by atoms with van der Waals surface area (Å²) in [6.07, 6.45) is 1.06. The average molecular weight is 477 g/mol. The minimum Gasteiger partial charge on any atom is -0.492 e. The van der Waals surface area contributed by atoms with Crippen molar-refractivity contribution in [3.8, 4) is 17.0 Å². The molecule has 0 aliphatic rings. The van der Waals surface area contributed by atoms with Gasteiger partial charge < -0.3 is 15.2 Å². The van der Waals surface area contributed by atoms with Crippen LogP contribution in [0, 0.1) is 5.92 Å². The van der Waals surface area contributed by atoms with Crippen LogP contribution in [-0.2, 0) is 4.79 Å². The molecule has 0 bridgehead atoms. The van der Waals surface area contributed by atoms with E-state index < -0.39 is 17.2 Å². The van der Waals surface area contributed by atoms with E-state index >= 15 is 0 Å². The molecule has 0 unspecified atom stereocenters. The van der Waals surface area contributed by atoms with Crippen LogP contribution in [0.1, 0.15) is 54.9 Å². The fourth-order valence-corrected chi connectivity index (χ4v) is 4.47. The molecule has 0 aliphatic carbocycles. The van der Waals surface area contributed by atoms with Crippen LogP contribution in [-0.4, -0.2) is 49.7 Å². The van der Waals surface area contributed by atoms with Crippen LogP contribution in [0.5, 0.6) is 5.75 Å². The monoisotopic (exact) mass is 476 g/mol. The Bertz CT molecular complexity index is 1000. The number of carbonyl (C=O) groups is 2. The number of hydrogen-bond acceptors (Lipinski definition) is 5. The van der Waals surface area contributed by atoms with Crippen molar-refractivity contribution in [3.05, 3.63) is 35.6 Å². The molecule has 0 aliphatic heterocycles. The first-order chi connectivity index (χ1) is 15.2. The lowest BCUT2D eigenvalue weighted by atomic mass is 9.87. The first kappa shape index (κ1) is 26.4. The Hall–Kier alpha value is -2.87. The van der Waals surface area contributed by atoms with E-state index in [1.807, 2.05) is 47.6 Å². The van der Waals surface area contributed by atoms with Crippen molar-refractivity contribution in [2.24, 2.45) is 5.92 Å². The largest absolute Gasteiger partial charge is 0.492 e. The van der Waals surface area contributed by atoms with Gasteiger partial charge in [0.15, 0.2) is 0 Å². The highest BCUT2D eigenvalue weighted by molar-refractivity contribution is 6.32. The molecule has 1 heterocycles. The molecule has 0 saturated heterocycles. The highest BCUT2D eigenvalue weighted by Gasteiger charge is 2.39. The van der Waals surface area contributed by atoms with E-state index in [2.05, 4.69) is 15.3 Å². The van der Waals surface area contributed by atoms with Gasteiger partial charge in [0.2, 0.25) is 5.91 Å². The molecule has 0 radical (unpaired) electrons. The van der Waals surface area contributed by atoms with Gasteiger partial charge in [-0.1, -0.05) is 18.5 Å². The van der Waals surface area contributed by atoms with Crippen LogP contribution in [0.2, 0.25) is 5.02 Å². The molecule has 180 valence electrons. The Labute approximate surface area is 200 Å². The van der Waals surface area contributed by atoms with Crippen LogP contribution in [0.15, 0.2) is 30.6 Å². The van der Waals surface area contributed by atoms with E-state index in [1.165, 1.54) is 18.2 Å². The van der Waals surface area contributed by atoms with Crippen molar-refractivity contribution in [2.45, 2.75) is 66.0 Å². The van der Waals surface area contributed by atoms with Gasteiger partial charge in [0.25, 0.3) is 0 Å². The van der Waals surface area contributed by atoms with Gasteiger partial charge in [-0.3, -0.25) is 9.69 Å². The number of aromatic nitrogens is 2. The molecule has 33 heavy (non-hydrogen) atoms. The van der Waals surface area contributed by atoms with Crippen LogP contribution in [0.3, 0.4) is 0 Å². The third-order valence-electron chi connectivity index (χ3n) is 5.04. The summed E-state index contributed by atoms with van der Waals surface area (Å²) < 4.78 is 5.95. The number of halogens is 1. The number of amides is 2. The highest BCUT2D eigenvalue weighted by atomic mass is 35.5. The molecule has 0 spiro atoms. The summed E-state index contributed by atoms with van der Waals surface area (Å²) in [6, 6.07) is 7.02. The van der Waals surface area contributed by atoms with Gasteiger partial charge in [0, 0.05) is 29.6 Å². The lowest BCUT2D eigenvalue weighted by molar-refractivity contribution is -0.114. The van der Waals surface area contributed by atoms with E-state index in [1.54, 1.807) is 18.2 Å². The van der Waals surface area contributed by atoms with Crippen molar-refractivity contribution in [1.29, 1.82) is 0 Å². The summed E-state index contributed by atoms with van der Waals surface area (Å²) in [6.45, 7) is 13.4. The summed E-state index contributed by atoms with van der Waals surface area (Å²) in [5.74, 6) is 0.813. The second-order valence-corrected chi connectivity index (χ2v) is 10.2. The molecule has 2 rings (SSSR count). The molecule has 1 aromatic heterocycles. The van der Waals surface area contributed by atoms with Gasteiger partial charge in [0.05, 0.1) is 17.3 Å². The normalized spacial score (nSPS) is 12.7. The van der Waals surface area contributed by atoms with Gasteiger partial charge >= 0.3 is 6.09 Å². The van der Waals surface area contributed by atoms with E-state index in [9.17, 15) is 14.7 Å². The maximum absolute atomic E-state index is 11.9. The fraction of sp³-hybridized carbons (Fsp3) is 0.500. The zero-order chi connectivity index (χ0) is 25.0. The van der Waals surface area contributed by atoms with E-state index in [-0.39, 0.29) is 11.8 Å². The zero-order valence-electron chi connectivity index (χ0n) is 20.3. The lowest BCUT2D eigenvalue weighted by Gasteiger charge is -2.46. The van der Waals surface area contributed by atoms with Crippen molar-refractivity contribution >= 4 is 29.4 Å². The molecule has 9 heteroatoms. The number of rotatable bonds is 8. The smallest absolute Gasteiger partial charge is 0.408 e. The van der Waals surface area contributed by atoms with Crippen LogP contribution in [0.4, 0.5) is 10.6 Å². The molecule has 0 fully saturated rings. The van der Waals surface area contributed by atoms with E-state index in [4.69, 9.17) is 16.3 Å². The van der Waals surface area contributed by atoms with Crippen molar-refractivity contribution < 1.29 is 19.4 Å². The fourth-order valence-electron chi connectivity index (χ4n) is 4.23. The van der Waals surface area contributed by atoms with Crippen LogP contribution >= 0.6 is 11.6 Å². The molecular weight excluding hydrogens is 444 g/mol. The number of hydrogen-bond donors (Lipinski definition) is 2. The number of nitrogens with zero attached hydrogens (tertiary/aromatic N) is 3. The molecule has 2 aromatic rings.